The van der Waals surface area contributed by atoms with Gasteiger partial charge >= 0.3 is 5.97 Å². The lowest BCUT2D eigenvalue weighted by atomic mass is 9.91. The van der Waals surface area contributed by atoms with Crippen molar-refractivity contribution in [2.24, 2.45) is 0 Å². The number of aromatic nitrogens is 2. The van der Waals surface area contributed by atoms with E-state index in [1.165, 1.54) is 7.11 Å². The van der Waals surface area contributed by atoms with E-state index in [0.717, 1.165) is 85.9 Å². The van der Waals surface area contributed by atoms with Gasteiger partial charge in [0.2, 0.25) is 5.91 Å². The Morgan fingerprint density at radius 2 is 1.60 bits per heavy atom. The highest BCUT2D eigenvalue weighted by atomic mass is 35.5. The Morgan fingerprint density at radius 3 is 2.34 bits per heavy atom. The summed E-state index contributed by atoms with van der Waals surface area (Å²) in [6.07, 6.45) is 4.42. The minimum Gasteiger partial charge on any atom is -0.483 e. The van der Waals surface area contributed by atoms with Crippen LogP contribution in [0.5, 0.6) is 11.5 Å². The molecule has 10 nitrogen and oxygen atoms in total. The first-order chi connectivity index (χ1) is 33.0. The van der Waals surface area contributed by atoms with Crippen molar-refractivity contribution in [1.29, 1.82) is 0 Å². The first-order valence-corrected chi connectivity index (χ1v) is 23.6. The number of rotatable bonds is 13. The van der Waals surface area contributed by atoms with Crippen LogP contribution in [0.3, 0.4) is 0 Å². The monoisotopic (exact) mass is 945 g/mol. The van der Waals surface area contributed by atoms with Crippen molar-refractivity contribution >= 4 is 40.8 Å². The third kappa shape index (κ3) is 10.4. The topological polar surface area (TPSA) is 106 Å². The average Bonchev–Trinajstić information content (AvgIpc) is 3.52. The lowest BCUT2D eigenvalue weighted by Crippen LogP contribution is -2.54. The molecule has 0 saturated carbocycles. The third-order valence-electron chi connectivity index (χ3n) is 13.1. The standard InChI is InChI=1S/C56H53Cl2N5O5/c1-35-36(2)59-26-23-46(35)38-15-13-37(14-16-38)28-49(56(65)66-4)61-55(64)51-31-42-30-50-53(32-43(42)33-63(51)34-44-12-8-9-25-60-44)68-52(24-27-62(50)3)39-17-20-45(21-18-39)67-54(40-10-6-5-7-11-40)41-19-22-47(57)48(58)29-41/h5-23,25-26,29-30,32,49,51-52,54H,24,27-28,31,33-34H2,1-4H3,(H,61,64)/t49-,51-,52?,54?/m0/s1. The highest BCUT2D eigenvalue weighted by Gasteiger charge is 2.36. The minimum atomic E-state index is -0.890. The van der Waals surface area contributed by atoms with Crippen molar-refractivity contribution in [3.8, 4) is 22.6 Å². The van der Waals surface area contributed by atoms with Crippen LogP contribution in [0, 0.1) is 13.8 Å². The van der Waals surface area contributed by atoms with Gasteiger partial charge in [-0.05, 0) is 125 Å². The number of pyridine rings is 2. The average molecular weight is 947 g/mol. The molecule has 1 amide bonds. The molecule has 68 heavy (non-hydrogen) atoms. The lowest BCUT2D eigenvalue weighted by molar-refractivity contribution is -0.146. The maximum absolute atomic E-state index is 14.6. The van der Waals surface area contributed by atoms with Crippen LogP contribution in [0.15, 0.2) is 146 Å². The third-order valence-corrected chi connectivity index (χ3v) is 13.9. The summed E-state index contributed by atoms with van der Waals surface area (Å²) >= 11 is 12.7. The molecular weight excluding hydrogens is 894 g/mol. The molecule has 7 aromatic rings. The van der Waals surface area contributed by atoms with Crippen LogP contribution < -0.4 is 19.7 Å². The van der Waals surface area contributed by atoms with Gasteiger partial charge in [0.05, 0.1) is 34.6 Å². The van der Waals surface area contributed by atoms with Crippen LogP contribution in [0.2, 0.25) is 10.0 Å². The summed E-state index contributed by atoms with van der Waals surface area (Å²) in [7, 11) is 3.43. The fourth-order valence-electron chi connectivity index (χ4n) is 9.19. The van der Waals surface area contributed by atoms with Gasteiger partial charge in [-0.25, -0.2) is 4.79 Å². The fourth-order valence-corrected chi connectivity index (χ4v) is 9.50. The molecule has 0 saturated heterocycles. The van der Waals surface area contributed by atoms with Crippen LogP contribution in [-0.4, -0.2) is 59.5 Å². The molecule has 5 aromatic carbocycles. The molecule has 4 heterocycles. The summed E-state index contributed by atoms with van der Waals surface area (Å²) in [5.41, 5.74) is 12.0. The van der Waals surface area contributed by atoms with Gasteiger partial charge < -0.3 is 24.4 Å². The number of hydrogen-bond donors (Lipinski definition) is 1. The Labute approximate surface area is 407 Å². The summed E-state index contributed by atoms with van der Waals surface area (Å²) in [6.45, 7) is 5.72. The molecule has 0 spiro atoms. The molecule has 0 aliphatic carbocycles. The van der Waals surface area contributed by atoms with E-state index in [2.05, 4.69) is 63.3 Å². The SMILES string of the molecule is COC(=O)[C@H](Cc1ccc(-c2ccnc(C)c2C)cc1)NC(=O)[C@@H]1Cc2cc3c(cc2CN1Cc1ccccn1)OC(c1ccc(OC(c2ccccc2)c2ccc(Cl)c(Cl)c2)cc1)CCN3C. The lowest BCUT2D eigenvalue weighted by Gasteiger charge is -2.37. The van der Waals surface area contributed by atoms with Gasteiger partial charge in [-0.1, -0.05) is 102 Å². The predicted molar refractivity (Wildman–Crippen MR) is 267 cm³/mol. The second-order valence-corrected chi connectivity index (χ2v) is 18.4. The van der Waals surface area contributed by atoms with E-state index in [-0.39, 0.29) is 18.4 Å². The van der Waals surface area contributed by atoms with Crippen molar-refractivity contribution in [3.63, 3.8) is 0 Å². The Bertz CT molecular complexity index is 2900. The van der Waals surface area contributed by atoms with E-state index in [1.807, 2.05) is 116 Å². The molecule has 0 radical (unpaired) electrons. The van der Waals surface area contributed by atoms with E-state index < -0.39 is 24.2 Å². The van der Waals surface area contributed by atoms with Gasteiger partial charge in [0.25, 0.3) is 0 Å². The maximum atomic E-state index is 14.6. The highest BCUT2D eigenvalue weighted by molar-refractivity contribution is 6.42. The number of amides is 1. The summed E-state index contributed by atoms with van der Waals surface area (Å²) in [5, 5.41) is 4.06. The van der Waals surface area contributed by atoms with Gasteiger partial charge in [-0.3, -0.25) is 19.7 Å². The molecule has 9 rings (SSSR count). The highest BCUT2D eigenvalue weighted by Crippen LogP contribution is 2.42. The number of anilines is 1. The first kappa shape index (κ1) is 46.4. The molecule has 4 atom stereocenters. The second kappa shape index (κ2) is 20.7. The van der Waals surface area contributed by atoms with E-state index in [0.29, 0.717) is 35.3 Å². The van der Waals surface area contributed by atoms with E-state index >= 15 is 0 Å². The number of benzene rings is 5. The maximum Gasteiger partial charge on any atom is 0.328 e. The predicted octanol–water partition coefficient (Wildman–Crippen LogP) is 11.0. The number of carbonyl (C=O) groups excluding carboxylic acids is 2. The summed E-state index contributed by atoms with van der Waals surface area (Å²) in [5.74, 6) is 0.736. The number of ether oxygens (including phenoxy) is 3. The molecule has 1 N–H and O–H groups in total. The molecule has 2 aromatic heterocycles. The van der Waals surface area contributed by atoms with Crippen molar-refractivity contribution < 1.29 is 23.8 Å². The van der Waals surface area contributed by atoms with Crippen molar-refractivity contribution in [2.75, 3.05) is 25.6 Å². The quantitative estimate of drug-likeness (QED) is 0.113. The van der Waals surface area contributed by atoms with E-state index in [4.69, 9.17) is 37.4 Å². The molecule has 12 heteroatoms. The zero-order valence-corrected chi connectivity index (χ0v) is 40.0. The van der Waals surface area contributed by atoms with Crippen LogP contribution in [0.1, 0.15) is 69.0 Å². The van der Waals surface area contributed by atoms with Crippen molar-refractivity contribution in [2.45, 2.75) is 70.5 Å². The van der Waals surface area contributed by atoms with Gasteiger partial charge in [0.1, 0.15) is 29.7 Å². The number of nitrogens with one attached hydrogen (secondary N) is 1. The second-order valence-electron chi connectivity index (χ2n) is 17.6. The summed E-state index contributed by atoms with van der Waals surface area (Å²) < 4.78 is 18.8. The zero-order chi connectivity index (χ0) is 47.3. The molecule has 0 fully saturated rings. The smallest absolute Gasteiger partial charge is 0.328 e. The Hall–Kier alpha value is -6.72. The van der Waals surface area contributed by atoms with Gasteiger partial charge in [-0.15, -0.1) is 0 Å². The van der Waals surface area contributed by atoms with Gasteiger partial charge in [0.15, 0.2) is 0 Å². The molecular formula is C56H53Cl2N5O5. The summed E-state index contributed by atoms with van der Waals surface area (Å²) in [6, 6.07) is 42.4. The summed E-state index contributed by atoms with van der Waals surface area (Å²) in [4.78, 5) is 41.3. The Morgan fingerprint density at radius 1 is 0.824 bits per heavy atom. The van der Waals surface area contributed by atoms with Crippen LogP contribution in [0.4, 0.5) is 5.69 Å². The molecule has 346 valence electrons. The Kier molecular flexibility index (Phi) is 14.1. The largest absolute Gasteiger partial charge is 0.483 e. The van der Waals surface area contributed by atoms with Gasteiger partial charge in [-0.2, -0.15) is 0 Å². The number of nitrogens with zero attached hydrogens (tertiary/aromatic N) is 4. The zero-order valence-electron chi connectivity index (χ0n) is 38.5. The van der Waals surface area contributed by atoms with Crippen LogP contribution in [0.25, 0.3) is 11.1 Å². The van der Waals surface area contributed by atoms with Crippen molar-refractivity contribution in [1.82, 2.24) is 20.2 Å². The van der Waals surface area contributed by atoms with Crippen LogP contribution in [-0.2, 0) is 40.3 Å². The number of aryl methyl sites for hydroxylation is 1. The van der Waals surface area contributed by atoms with Gasteiger partial charge in [0, 0.05) is 57.6 Å². The Balaban J connectivity index is 0.939. The number of fused-ring (bicyclic) bond motifs is 2. The molecule has 0 bridgehead atoms. The number of carbonyl (C=O) groups is 2. The van der Waals surface area contributed by atoms with E-state index in [9.17, 15) is 9.59 Å². The van der Waals surface area contributed by atoms with Crippen LogP contribution >= 0.6 is 23.2 Å². The number of methoxy groups -OCH3 is 1. The molecule has 2 aliphatic heterocycles. The fraction of sp³-hybridized carbons (Fsp3) is 0.250. The van der Waals surface area contributed by atoms with E-state index in [1.54, 1.807) is 12.3 Å². The number of esters is 1. The number of halogens is 2. The number of hydrogen-bond acceptors (Lipinski definition) is 9. The first-order valence-electron chi connectivity index (χ1n) is 22.8. The normalized spacial score (nSPS) is 16.6. The molecule has 2 unspecified atom stereocenters. The molecule has 2 aliphatic rings. The van der Waals surface area contributed by atoms with Crippen molar-refractivity contribution in [3.05, 3.63) is 206 Å². The minimum absolute atomic E-state index is 0.215.